The van der Waals surface area contributed by atoms with Gasteiger partial charge in [-0.05, 0) is 20.3 Å². The summed E-state index contributed by atoms with van der Waals surface area (Å²) in [6, 6.07) is -1.42. The maximum atomic E-state index is 12.8. The zero-order chi connectivity index (χ0) is 26.8. The highest BCUT2D eigenvalue weighted by Crippen LogP contribution is 2.48. The van der Waals surface area contributed by atoms with Gasteiger partial charge in [-0.2, -0.15) is 0 Å². The molecule has 208 valence electrons. The smallest absolute Gasteiger partial charge is 0.328 e. The number of amides is 1. The number of rotatable bonds is 19. The molecule has 0 radical (unpaired) electrons. The average molecular weight is 530 g/mol. The van der Waals surface area contributed by atoms with Gasteiger partial charge >= 0.3 is 11.9 Å². The van der Waals surface area contributed by atoms with Crippen molar-refractivity contribution >= 4 is 27.7 Å². The molecule has 0 aromatic carbocycles. The van der Waals surface area contributed by atoms with E-state index in [1.165, 1.54) is 90.9 Å². The van der Waals surface area contributed by atoms with Gasteiger partial charge in [-0.1, -0.05) is 96.8 Å². The van der Waals surface area contributed by atoms with Crippen LogP contribution in [0.4, 0.5) is 0 Å². The second kappa shape index (κ2) is 14.3. The van der Waals surface area contributed by atoms with E-state index in [0.29, 0.717) is 6.42 Å². The maximum absolute atomic E-state index is 12.8. The lowest BCUT2D eigenvalue weighted by atomic mass is 9.92. The molecule has 2 saturated heterocycles. The van der Waals surface area contributed by atoms with E-state index in [0.717, 1.165) is 17.7 Å². The Morgan fingerprint density at radius 3 is 1.75 bits per heavy atom. The summed E-state index contributed by atoms with van der Waals surface area (Å²) >= 11 is 0. The average Bonchev–Trinajstić information content (AvgIpc) is 2.96. The number of hydrogen-bond donors (Lipinski definition) is 1. The van der Waals surface area contributed by atoms with E-state index in [1.807, 2.05) is 0 Å². The van der Waals surface area contributed by atoms with E-state index in [1.54, 1.807) is 0 Å². The van der Waals surface area contributed by atoms with E-state index in [4.69, 9.17) is 4.74 Å². The largest absolute Gasteiger partial charge is 0.480 e. The predicted octanol–water partition coefficient (Wildman–Crippen LogP) is 5.24. The molecule has 0 spiro atoms. The summed E-state index contributed by atoms with van der Waals surface area (Å²) in [5.74, 6) is -3.40. The fourth-order valence-electron chi connectivity index (χ4n) is 5.46. The zero-order valence-corrected chi connectivity index (χ0v) is 23.3. The third-order valence-corrected chi connectivity index (χ3v) is 10.7. The number of nitrogens with zero attached hydrogens (tertiary/aromatic N) is 1. The van der Waals surface area contributed by atoms with Crippen LogP contribution in [0.25, 0.3) is 0 Å². The Hall–Kier alpha value is -1.64. The highest BCUT2D eigenvalue weighted by atomic mass is 32.2. The Balaban J connectivity index is 1.51. The van der Waals surface area contributed by atoms with E-state index >= 15 is 0 Å². The molecule has 9 heteroatoms. The molecular weight excluding hydrogens is 482 g/mol. The molecule has 0 bridgehead atoms. The van der Waals surface area contributed by atoms with Crippen molar-refractivity contribution in [2.75, 3.05) is 6.61 Å². The van der Waals surface area contributed by atoms with Crippen LogP contribution in [-0.2, 0) is 29.0 Å². The van der Waals surface area contributed by atoms with Gasteiger partial charge in [0.25, 0.3) is 0 Å². The lowest BCUT2D eigenvalue weighted by Gasteiger charge is -2.42. The molecule has 2 aliphatic heterocycles. The van der Waals surface area contributed by atoms with Gasteiger partial charge in [0, 0.05) is 6.42 Å². The molecule has 1 amide bonds. The number of unbranched alkanes of at least 4 members (excludes halogenated alkanes) is 14. The van der Waals surface area contributed by atoms with Gasteiger partial charge in [0.2, 0.25) is 5.91 Å². The van der Waals surface area contributed by atoms with E-state index < -0.39 is 49.8 Å². The minimum Gasteiger partial charge on any atom is -0.480 e. The fraction of sp³-hybridized carbons (Fsp3) is 0.889. The van der Waals surface area contributed by atoms with Gasteiger partial charge in [-0.25, -0.2) is 13.2 Å². The Kier molecular flexibility index (Phi) is 12.2. The molecular formula is C27H47NO7S. The minimum absolute atomic E-state index is 0.240. The number of fused-ring (bicyclic) bond motifs is 1. The first-order valence-corrected chi connectivity index (χ1v) is 15.6. The summed E-state index contributed by atoms with van der Waals surface area (Å²) in [6.07, 6.45) is 18.8. The van der Waals surface area contributed by atoms with Crippen LogP contribution in [0, 0.1) is 5.92 Å². The molecule has 36 heavy (non-hydrogen) atoms. The van der Waals surface area contributed by atoms with Gasteiger partial charge < -0.3 is 14.7 Å². The third kappa shape index (κ3) is 7.45. The van der Waals surface area contributed by atoms with Crippen molar-refractivity contribution in [3.63, 3.8) is 0 Å². The number of carboxylic acids is 1. The van der Waals surface area contributed by atoms with Crippen LogP contribution < -0.4 is 0 Å². The molecule has 0 aliphatic carbocycles. The molecule has 2 rings (SSSR count). The Morgan fingerprint density at radius 2 is 1.31 bits per heavy atom. The number of carbonyl (C=O) groups excluding carboxylic acids is 2. The van der Waals surface area contributed by atoms with Crippen molar-refractivity contribution in [2.24, 2.45) is 5.92 Å². The normalized spacial score (nSPS) is 23.8. The van der Waals surface area contributed by atoms with E-state index in [9.17, 15) is 27.9 Å². The molecule has 3 atom stereocenters. The van der Waals surface area contributed by atoms with E-state index in [2.05, 4.69) is 6.92 Å². The van der Waals surface area contributed by atoms with Crippen LogP contribution >= 0.6 is 0 Å². The van der Waals surface area contributed by atoms with Crippen molar-refractivity contribution in [1.29, 1.82) is 0 Å². The third-order valence-electron chi connectivity index (χ3n) is 7.82. The first-order chi connectivity index (χ1) is 17.1. The summed E-state index contributed by atoms with van der Waals surface area (Å²) in [7, 11) is -3.90. The number of hydrogen-bond acceptors (Lipinski definition) is 6. The van der Waals surface area contributed by atoms with Crippen molar-refractivity contribution in [2.45, 2.75) is 140 Å². The van der Waals surface area contributed by atoms with Crippen molar-refractivity contribution in [3.05, 3.63) is 0 Å². The van der Waals surface area contributed by atoms with Crippen molar-refractivity contribution < 1.29 is 32.6 Å². The molecule has 2 fully saturated rings. The van der Waals surface area contributed by atoms with Crippen LogP contribution in [0.3, 0.4) is 0 Å². The zero-order valence-electron chi connectivity index (χ0n) is 22.5. The molecule has 0 unspecified atom stereocenters. The van der Waals surface area contributed by atoms with Gasteiger partial charge in [-0.15, -0.1) is 0 Å². The summed E-state index contributed by atoms with van der Waals surface area (Å²) in [4.78, 5) is 37.1. The molecule has 2 aliphatic rings. The quantitative estimate of drug-likeness (QED) is 0.138. The highest BCUT2D eigenvalue weighted by molar-refractivity contribution is 7.93. The lowest BCUT2D eigenvalue weighted by molar-refractivity contribution is -0.168. The van der Waals surface area contributed by atoms with Crippen LogP contribution in [0.2, 0.25) is 0 Å². The molecule has 8 nitrogen and oxygen atoms in total. The van der Waals surface area contributed by atoms with Crippen LogP contribution in [0.1, 0.15) is 124 Å². The highest BCUT2D eigenvalue weighted by Gasteiger charge is 2.72. The Bertz CT molecular complexity index is 839. The standard InChI is InChI=1S/C27H47NO7S/c1-4-5-6-7-8-9-10-11-12-13-14-15-16-17-18-19-22(29)35-20-21-24(30)28-23(26(31)32)27(2,3)36(33,34)25(21)28/h21,23,25H,4-20H2,1-3H3,(H,31,32)/t21-,23-,25+/m0/s1. The maximum Gasteiger partial charge on any atom is 0.328 e. The van der Waals surface area contributed by atoms with Gasteiger partial charge in [0.1, 0.15) is 18.6 Å². The molecule has 0 saturated carbocycles. The second-order valence-electron chi connectivity index (χ2n) is 11.0. The minimum atomic E-state index is -3.90. The first kappa shape index (κ1) is 30.6. The van der Waals surface area contributed by atoms with Gasteiger partial charge in [-0.3, -0.25) is 9.59 Å². The number of sulfone groups is 1. The predicted molar refractivity (Wildman–Crippen MR) is 139 cm³/mol. The van der Waals surface area contributed by atoms with Crippen LogP contribution in [-0.4, -0.2) is 59.0 Å². The summed E-state index contributed by atoms with van der Waals surface area (Å²) in [6.45, 7) is 4.58. The van der Waals surface area contributed by atoms with Crippen LogP contribution in [0.5, 0.6) is 0 Å². The lowest BCUT2D eigenvalue weighted by Crippen LogP contribution is -2.64. The Morgan fingerprint density at radius 1 is 0.861 bits per heavy atom. The Labute approximate surface area is 217 Å². The topological polar surface area (TPSA) is 118 Å². The molecule has 0 aromatic rings. The summed E-state index contributed by atoms with van der Waals surface area (Å²) in [5.41, 5.74) is 0. The molecule has 2 heterocycles. The van der Waals surface area contributed by atoms with Gasteiger partial charge in [0.15, 0.2) is 15.2 Å². The monoisotopic (exact) mass is 529 g/mol. The van der Waals surface area contributed by atoms with Crippen molar-refractivity contribution in [3.8, 4) is 0 Å². The molecule has 0 aromatic heterocycles. The van der Waals surface area contributed by atoms with Gasteiger partial charge in [0.05, 0.1) is 4.75 Å². The fourth-order valence-corrected chi connectivity index (χ4v) is 7.76. The number of ether oxygens (including phenoxy) is 1. The molecule has 1 N–H and O–H groups in total. The van der Waals surface area contributed by atoms with Crippen LogP contribution in [0.15, 0.2) is 0 Å². The summed E-state index contributed by atoms with van der Waals surface area (Å²) < 4.78 is 29.3. The number of carboxylic acid groups (broad SMARTS) is 1. The number of β-lactam (4-membered cyclic amide) rings is 1. The number of esters is 1. The number of carbonyl (C=O) groups is 3. The summed E-state index contributed by atoms with van der Waals surface area (Å²) in [5, 5.41) is 8.21. The first-order valence-electron chi connectivity index (χ1n) is 14.0. The number of aliphatic carboxylic acids is 1. The second-order valence-corrected chi connectivity index (χ2v) is 13.6. The van der Waals surface area contributed by atoms with E-state index in [-0.39, 0.29) is 13.0 Å². The SMILES string of the molecule is CCCCCCCCCCCCCCCCCC(=O)OC[C@H]1C(=O)N2[C@@H](C(=O)O)C(C)(C)S(=O)(=O)[C@H]12. The van der Waals surface area contributed by atoms with Crippen molar-refractivity contribution in [1.82, 2.24) is 4.90 Å².